The number of anilines is 1. The summed E-state index contributed by atoms with van der Waals surface area (Å²) in [4.78, 5) is 0. The summed E-state index contributed by atoms with van der Waals surface area (Å²) in [5.41, 5.74) is 7.33. The molecule has 0 saturated carbocycles. The van der Waals surface area contributed by atoms with Gasteiger partial charge in [0.2, 0.25) is 0 Å². The van der Waals surface area contributed by atoms with Gasteiger partial charge < -0.3 is 15.2 Å². The first kappa shape index (κ1) is 15.2. The second kappa shape index (κ2) is 7.03. The van der Waals surface area contributed by atoms with Crippen LogP contribution in [0.4, 0.5) is 5.69 Å². The predicted molar refractivity (Wildman–Crippen MR) is 79.9 cm³/mol. The molecule has 0 bridgehead atoms. The van der Waals surface area contributed by atoms with Crippen LogP contribution in [-0.4, -0.2) is 39.5 Å². The highest BCUT2D eigenvalue weighted by Gasteiger charge is 2.16. The second-order valence-corrected chi connectivity index (χ2v) is 4.80. The first-order valence-electron chi connectivity index (χ1n) is 7.03. The average molecular weight is 291 g/mol. The Hall–Kier alpha value is -2.15. The molecule has 0 aliphatic carbocycles. The van der Waals surface area contributed by atoms with Crippen molar-refractivity contribution >= 4 is 5.69 Å². The van der Waals surface area contributed by atoms with Gasteiger partial charge in [-0.05, 0) is 43.3 Å². The van der Waals surface area contributed by atoms with Crippen molar-refractivity contribution in [3.8, 4) is 17.1 Å². The van der Waals surface area contributed by atoms with E-state index >= 15 is 0 Å². The van der Waals surface area contributed by atoms with Crippen LogP contribution in [0.25, 0.3) is 11.4 Å². The first-order chi connectivity index (χ1) is 10.1. The lowest BCUT2D eigenvalue weighted by Gasteiger charge is -2.13. The number of rotatable bonds is 7. The minimum atomic E-state index is 0.177. The molecule has 0 atom stereocenters. The van der Waals surface area contributed by atoms with Crippen molar-refractivity contribution in [3.05, 3.63) is 18.2 Å². The molecule has 0 fully saturated rings. The summed E-state index contributed by atoms with van der Waals surface area (Å²) in [7, 11) is 0. The maximum atomic E-state index is 5.98. The fourth-order valence-electron chi connectivity index (χ4n) is 1.96. The summed E-state index contributed by atoms with van der Waals surface area (Å²) < 4.78 is 12.9. The summed E-state index contributed by atoms with van der Waals surface area (Å²) in [5, 5.41) is 11.8. The van der Waals surface area contributed by atoms with Crippen LogP contribution in [0.2, 0.25) is 0 Å². The molecule has 7 nitrogen and oxygen atoms in total. The molecule has 0 aliphatic rings. The smallest absolute Gasteiger partial charge is 0.185 e. The summed E-state index contributed by atoms with van der Waals surface area (Å²) in [6.45, 7) is 7.54. The molecule has 2 N–H and O–H groups in total. The molecular formula is C14H21N5O2. The Bertz CT molecular complexity index is 582. The third-order valence-corrected chi connectivity index (χ3v) is 2.86. The molecule has 21 heavy (non-hydrogen) atoms. The number of aromatic nitrogens is 4. The summed E-state index contributed by atoms with van der Waals surface area (Å²) >= 11 is 0. The van der Waals surface area contributed by atoms with Crippen molar-refractivity contribution in [2.24, 2.45) is 0 Å². The van der Waals surface area contributed by atoms with Crippen LogP contribution in [0.1, 0.15) is 20.8 Å². The van der Waals surface area contributed by atoms with E-state index in [4.69, 9.17) is 15.2 Å². The molecular weight excluding hydrogens is 270 g/mol. The Balaban J connectivity index is 2.26. The predicted octanol–water partition coefficient (Wildman–Crippen LogP) is 1.75. The highest BCUT2D eigenvalue weighted by Crippen LogP contribution is 2.33. The van der Waals surface area contributed by atoms with Gasteiger partial charge in [0.1, 0.15) is 0 Å². The molecule has 1 aromatic heterocycles. The van der Waals surface area contributed by atoms with Crippen molar-refractivity contribution in [1.82, 2.24) is 20.2 Å². The number of nitrogen functional groups attached to an aromatic ring is 1. The van der Waals surface area contributed by atoms with Gasteiger partial charge in [0.25, 0.3) is 0 Å². The van der Waals surface area contributed by atoms with Crippen molar-refractivity contribution in [2.45, 2.75) is 33.4 Å². The van der Waals surface area contributed by atoms with Gasteiger partial charge in [-0.25, -0.2) is 4.68 Å². The number of hydrogen-bond acceptors (Lipinski definition) is 6. The van der Waals surface area contributed by atoms with Crippen LogP contribution in [0.15, 0.2) is 18.2 Å². The normalized spacial score (nSPS) is 11.0. The second-order valence-electron chi connectivity index (χ2n) is 4.80. The molecule has 0 unspecified atom stereocenters. The molecule has 1 heterocycles. The molecule has 0 aliphatic heterocycles. The van der Waals surface area contributed by atoms with Gasteiger partial charge in [-0.15, -0.1) is 5.10 Å². The fourth-order valence-corrected chi connectivity index (χ4v) is 1.96. The van der Waals surface area contributed by atoms with E-state index in [-0.39, 0.29) is 6.10 Å². The maximum Gasteiger partial charge on any atom is 0.185 e. The molecule has 0 amide bonds. The lowest BCUT2D eigenvalue weighted by atomic mass is 10.1. The zero-order valence-electron chi connectivity index (χ0n) is 12.6. The van der Waals surface area contributed by atoms with E-state index in [0.29, 0.717) is 37.0 Å². The topological polar surface area (TPSA) is 88.1 Å². The largest absolute Gasteiger partial charge is 0.491 e. The third kappa shape index (κ3) is 3.69. The number of para-hydroxylation sites is 1. The number of ether oxygens (including phenoxy) is 2. The number of nitrogens with two attached hydrogens (primary N) is 1. The minimum absolute atomic E-state index is 0.177. The third-order valence-electron chi connectivity index (χ3n) is 2.86. The van der Waals surface area contributed by atoms with Crippen LogP contribution >= 0.6 is 0 Å². The van der Waals surface area contributed by atoms with Crippen molar-refractivity contribution in [3.63, 3.8) is 0 Å². The zero-order valence-corrected chi connectivity index (χ0v) is 12.6. The average Bonchev–Trinajstić information content (AvgIpc) is 2.89. The highest BCUT2D eigenvalue weighted by molar-refractivity contribution is 5.73. The Morgan fingerprint density at radius 1 is 1.33 bits per heavy atom. The molecule has 0 radical (unpaired) electrons. The fraction of sp³-hybridized carbons (Fsp3) is 0.500. The van der Waals surface area contributed by atoms with Crippen LogP contribution in [0, 0.1) is 0 Å². The van der Waals surface area contributed by atoms with E-state index in [2.05, 4.69) is 15.5 Å². The van der Waals surface area contributed by atoms with Crippen molar-refractivity contribution in [2.75, 3.05) is 18.9 Å². The van der Waals surface area contributed by atoms with E-state index in [1.165, 1.54) is 0 Å². The van der Waals surface area contributed by atoms with E-state index in [0.717, 1.165) is 5.56 Å². The Morgan fingerprint density at radius 3 is 2.86 bits per heavy atom. The van der Waals surface area contributed by atoms with Crippen LogP contribution < -0.4 is 10.5 Å². The number of nitrogens with zero attached hydrogens (tertiary/aromatic N) is 4. The molecule has 114 valence electrons. The standard InChI is InChI=1S/C14H21N5O2/c1-4-20-13-11(6-5-7-12(13)15)14-16-17-18-19(14)8-9-21-10(2)3/h5-7,10H,4,8-9,15H2,1-3H3. The molecule has 0 spiro atoms. The van der Waals surface area contributed by atoms with Crippen molar-refractivity contribution < 1.29 is 9.47 Å². The van der Waals surface area contributed by atoms with E-state index in [1.807, 2.05) is 32.9 Å². The van der Waals surface area contributed by atoms with Crippen LogP contribution in [0.5, 0.6) is 5.75 Å². The van der Waals surface area contributed by atoms with Crippen molar-refractivity contribution in [1.29, 1.82) is 0 Å². The molecule has 1 aromatic carbocycles. The lowest BCUT2D eigenvalue weighted by Crippen LogP contribution is -2.13. The van der Waals surface area contributed by atoms with E-state index in [9.17, 15) is 0 Å². The number of tetrazole rings is 1. The lowest BCUT2D eigenvalue weighted by molar-refractivity contribution is 0.0709. The Kier molecular flexibility index (Phi) is 5.10. The van der Waals surface area contributed by atoms with Gasteiger partial charge in [0, 0.05) is 0 Å². The Labute approximate surface area is 124 Å². The summed E-state index contributed by atoms with van der Waals surface area (Å²) in [5.74, 6) is 1.24. The van der Waals surface area contributed by atoms with Crippen LogP contribution in [-0.2, 0) is 11.3 Å². The molecule has 2 rings (SSSR count). The first-order valence-corrected chi connectivity index (χ1v) is 7.03. The van der Waals surface area contributed by atoms with Crippen LogP contribution in [0.3, 0.4) is 0 Å². The Morgan fingerprint density at radius 2 is 2.14 bits per heavy atom. The van der Waals surface area contributed by atoms with E-state index in [1.54, 1.807) is 10.7 Å². The van der Waals surface area contributed by atoms with E-state index < -0.39 is 0 Å². The minimum Gasteiger partial charge on any atom is -0.491 e. The van der Waals surface area contributed by atoms with Gasteiger partial charge in [0.15, 0.2) is 11.6 Å². The van der Waals surface area contributed by atoms with Gasteiger partial charge in [-0.2, -0.15) is 0 Å². The SMILES string of the molecule is CCOc1c(N)cccc1-c1nnnn1CCOC(C)C. The monoisotopic (exact) mass is 291 g/mol. The van der Waals surface area contributed by atoms with Gasteiger partial charge in [-0.3, -0.25) is 0 Å². The van der Waals surface area contributed by atoms with Gasteiger partial charge in [0.05, 0.1) is 37.1 Å². The zero-order chi connectivity index (χ0) is 15.2. The molecule has 7 heteroatoms. The van der Waals surface area contributed by atoms with Gasteiger partial charge >= 0.3 is 0 Å². The number of hydrogen-bond donors (Lipinski definition) is 1. The van der Waals surface area contributed by atoms with Gasteiger partial charge in [-0.1, -0.05) is 6.07 Å². The highest BCUT2D eigenvalue weighted by atomic mass is 16.5. The summed E-state index contributed by atoms with van der Waals surface area (Å²) in [6, 6.07) is 5.55. The molecule has 2 aromatic rings. The molecule has 0 saturated heterocycles. The summed E-state index contributed by atoms with van der Waals surface area (Å²) in [6.07, 6.45) is 0.177. The number of benzene rings is 1. The maximum absolute atomic E-state index is 5.98. The quantitative estimate of drug-likeness (QED) is 0.782.